The Morgan fingerprint density at radius 3 is 2.29 bits per heavy atom. The highest BCUT2D eigenvalue weighted by atomic mass is 19.1. The summed E-state index contributed by atoms with van der Waals surface area (Å²) in [6, 6.07) is 27.0. The fourth-order valence-corrected chi connectivity index (χ4v) is 3.31. The number of hydrogen-bond donors (Lipinski definition) is 0. The first-order valence-electron chi connectivity index (χ1n) is 9.73. The third kappa shape index (κ3) is 4.49. The molecule has 1 aromatic heterocycles. The van der Waals surface area contributed by atoms with Gasteiger partial charge in [-0.2, -0.15) is 10.4 Å². The second kappa shape index (κ2) is 9.02. The summed E-state index contributed by atoms with van der Waals surface area (Å²) in [5, 5.41) is 14.3. The number of rotatable bonds is 6. The minimum Gasteiger partial charge on any atom is -0.288 e. The lowest BCUT2D eigenvalue weighted by Crippen LogP contribution is -2.04. The number of hydrogen-bond acceptors (Lipinski definition) is 3. The number of carbonyl (C=O) groups is 1. The standard InChI is InChI=1S/C26H18FN3O/c27-24-14-8-7-13-23(24)26(31)21(16-28)15-22-18-30(17-19-9-3-1-4-10-19)29-25(22)20-11-5-2-6-12-20/h1-15,18H,17H2/b21-15+. The molecule has 1 heterocycles. The predicted molar refractivity (Wildman–Crippen MR) is 118 cm³/mol. The number of carbonyl (C=O) groups excluding carboxylic acids is 1. The molecule has 0 radical (unpaired) electrons. The van der Waals surface area contributed by atoms with Crippen molar-refractivity contribution in [1.29, 1.82) is 5.26 Å². The summed E-state index contributed by atoms with van der Waals surface area (Å²) in [5.74, 6) is -1.31. The molecule has 0 saturated carbocycles. The first-order chi connectivity index (χ1) is 15.2. The fraction of sp³-hybridized carbons (Fsp3) is 0.0385. The molecule has 0 aliphatic carbocycles. The van der Waals surface area contributed by atoms with Crippen molar-refractivity contribution in [3.63, 3.8) is 0 Å². The molecule has 5 heteroatoms. The maximum Gasteiger partial charge on any atom is 0.206 e. The maximum atomic E-state index is 14.1. The number of nitriles is 1. The molecular weight excluding hydrogens is 389 g/mol. The Balaban J connectivity index is 1.77. The van der Waals surface area contributed by atoms with Crippen molar-refractivity contribution in [3.8, 4) is 17.3 Å². The zero-order valence-electron chi connectivity index (χ0n) is 16.6. The van der Waals surface area contributed by atoms with Crippen LogP contribution in [-0.2, 0) is 6.54 Å². The minimum absolute atomic E-state index is 0.131. The Morgan fingerprint density at radius 2 is 1.61 bits per heavy atom. The molecule has 150 valence electrons. The lowest BCUT2D eigenvalue weighted by Gasteiger charge is -2.02. The Morgan fingerprint density at radius 1 is 0.968 bits per heavy atom. The number of aromatic nitrogens is 2. The van der Waals surface area contributed by atoms with Crippen LogP contribution >= 0.6 is 0 Å². The van der Waals surface area contributed by atoms with Crippen LogP contribution in [0.25, 0.3) is 17.3 Å². The van der Waals surface area contributed by atoms with Crippen LogP contribution in [0.3, 0.4) is 0 Å². The van der Waals surface area contributed by atoms with Crippen LogP contribution in [0.5, 0.6) is 0 Å². The predicted octanol–water partition coefficient (Wildman–Crippen LogP) is 5.53. The van der Waals surface area contributed by atoms with Gasteiger partial charge in [-0.3, -0.25) is 9.48 Å². The van der Waals surface area contributed by atoms with Crippen molar-refractivity contribution in [1.82, 2.24) is 9.78 Å². The van der Waals surface area contributed by atoms with Crippen molar-refractivity contribution in [2.24, 2.45) is 0 Å². The molecule has 31 heavy (non-hydrogen) atoms. The third-order valence-corrected chi connectivity index (χ3v) is 4.81. The van der Waals surface area contributed by atoms with E-state index in [9.17, 15) is 14.4 Å². The van der Waals surface area contributed by atoms with Crippen LogP contribution in [0.1, 0.15) is 21.5 Å². The zero-order valence-corrected chi connectivity index (χ0v) is 16.6. The maximum absolute atomic E-state index is 14.1. The van der Waals surface area contributed by atoms with E-state index in [1.54, 1.807) is 16.9 Å². The van der Waals surface area contributed by atoms with E-state index in [-0.39, 0.29) is 11.1 Å². The second-order valence-corrected chi connectivity index (χ2v) is 6.96. The van der Waals surface area contributed by atoms with Crippen molar-refractivity contribution in [2.75, 3.05) is 0 Å². The van der Waals surface area contributed by atoms with Gasteiger partial charge in [0.2, 0.25) is 5.78 Å². The molecular formula is C26H18FN3O. The molecule has 0 bridgehead atoms. The zero-order chi connectivity index (χ0) is 21.6. The molecule has 0 amide bonds. The average Bonchev–Trinajstić information content (AvgIpc) is 3.20. The summed E-state index contributed by atoms with van der Waals surface area (Å²) in [6.45, 7) is 0.539. The summed E-state index contributed by atoms with van der Waals surface area (Å²) in [5.41, 5.74) is 2.91. The van der Waals surface area contributed by atoms with Crippen LogP contribution < -0.4 is 0 Å². The fourth-order valence-electron chi connectivity index (χ4n) is 3.31. The van der Waals surface area contributed by atoms with Gasteiger partial charge < -0.3 is 0 Å². The molecule has 0 unspecified atom stereocenters. The van der Waals surface area contributed by atoms with E-state index in [2.05, 4.69) is 0 Å². The van der Waals surface area contributed by atoms with Crippen molar-refractivity contribution in [3.05, 3.63) is 119 Å². The number of allylic oxidation sites excluding steroid dienone is 1. The van der Waals surface area contributed by atoms with Crippen LogP contribution in [-0.4, -0.2) is 15.6 Å². The van der Waals surface area contributed by atoms with Gasteiger partial charge in [-0.25, -0.2) is 4.39 Å². The molecule has 4 aromatic rings. The van der Waals surface area contributed by atoms with E-state index in [0.29, 0.717) is 17.8 Å². The molecule has 0 fully saturated rings. The van der Waals surface area contributed by atoms with Crippen molar-refractivity contribution < 1.29 is 9.18 Å². The SMILES string of the molecule is N#C/C(=C\c1cn(Cc2ccccc2)nc1-c1ccccc1)C(=O)c1ccccc1F. The minimum atomic E-state index is -0.657. The normalized spacial score (nSPS) is 11.2. The van der Waals surface area contributed by atoms with E-state index >= 15 is 0 Å². The first kappa shape index (κ1) is 20.0. The molecule has 0 atom stereocenters. The quantitative estimate of drug-likeness (QED) is 0.240. The van der Waals surface area contributed by atoms with Crippen LogP contribution in [0.2, 0.25) is 0 Å². The first-order valence-corrected chi connectivity index (χ1v) is 9.73. The highest BCUT2D eigenvalue weighted by Crippen LogP contribution is 2.25. The van der Waals surface area contributed by atoms with Gasteiger partial charge in [0.05, 0.1) is 17.8 Å². The van der Waals surface area contributed by atoms with E-state index in [1.807, 2.05) is 66.7 Å². The van der Waals surface area contributed by atoms with E-state index in [4.69, 9.17) is 5.10 Å². The number of halogens is 1. The van der Waals surface area contributed by atoms with Crippen molar-refractivity contribution in [2.45, 2.75) is 6.54 Å². The lowest BCUT2D eigenvalue weighted by atomic mass is 10.0. The van der Waals surface area contributed by atoms with E-state index in [1.165, 1.54) is 24.3 Å². The van der Waals surface area contributed by atoms with Gasteiger partial charge in [0, 0.05) is 17.3 Å². The molecule has 4 nitrogen and oxygen atoms in total. The second-order valence-electron chi connectivity index (χ2n) is 6.96. The molecule has 0 aliphatic rings. The molecule has 0 saturated heterocycles. The van der Waals surface area contributed by atoms with Crippen molar-refractivity contribution >= 4 is 11.9 Å². The van der Waals surface area contributed by atoms with Gasteiger partial charge in [-0.15, -0.1) is 0 Å². The Hall–Kier alpha value is -4.30. The third-order valence-electron chi connectivity index (χ3n) is 4.81. The molecule has 3 aromatic carbocycles. The smallest absolute Gasteiger partial charge is 0.206 e. The van der Waals surface area contributed by atoms with Gasteiger partial charge in [-0.1, -0.05) is 72.8 Å². The molecule has 4 rings (SSSR count). The number of nitrogens with zero attached hydrogens (tertiary/aromatic N) is 3. The highest BCUT2D eigenvalue weighted by molar-refractivity contribution is 6.14. The van der Waals surface area contributed by atoms with Gasteiger partial charge in [0.25, 0.3) is 0 Å². The monoisotopic (exact) mass is 407 g/mol. The molecule has 0 aliphatic heterocycles. The summed E-state index contributed by atoms with van der Waals surface area (Å²) in [4.78, 5) is 12.8. The largest absolute Gasteiger partial charge is 0.288 e. The van der Waals surface area contributed by atoms with E-state index < -0.39 is 11.6 Å². The summed E-state index contributed by atoms with van der Waals surface area (Å²) in [6.07, 6.45) is 3.27. The van der Waals surface area contributed by atoms with Gasteiger partial charge >= 0.3 is 0 Å². The average molecular weight is 407 g/mol. The van der Waals surface area contributed by atoms with Crippen LogP contribution in [0, 0.1) is 17.1 Å². The van der Waals surface area contributed by atoms with Crippen LogP contribution in [0.15, 0.2) is 96.7 Å². The van der Waals surface area contributed by atoms with E-state index in [0.717, 1.165) is 11.1 Å². The molecule has 0 spiro atoms. The van der Waals surface area contributed by atoms with Gasteiger partial charge in [-0.05, 0) is 23.8 Å². The summed E-state index contributed by atoms with van der Waals surface area (Å²) < 4.78 is 15.9. The van der Waals surface area contributed by atoms with Crippen LogP contribution in [0.4, 0.5) is 4.39 Å². The van der Waals surface area contributed by atoms with Gasteiger partial charge in [0.15, 0.2) is 0 Å². The Kier molecular flexibility index (Phi) is 5.82. The number of Topliss-reactive ketones (excluding diaryl/α,β-unsaturated/α-hetero) is 1. The Labute approximate surface area is 179 Å². The highest BCUT2D eigenvalue weighted by Gasteiger charge is 2.18. The molecule has 0 N–H and O–H groups in total. The summed E-state index contributed by atoms with van der Waals surface area (Å²) in [7, 11) is 0. The number of benzene rings is 3. The topological polar surface area (TPSA) is 58.7 Å². The lowest BCUT2D eigenvalue weighted by molar-refractivity contribution is 0.103. The van der Waals surface area contributed by atoms with Gasteiger partial charge in [0.1, 0.15) is 17.5 Å². The number of ketones is 1. The Bertz CT molecular complexity index is 1290. The summed E-state index contributed by atoms with van der Waals surface area (Å²) >= 11 is 0.